The highest BCUT2D eigenvalue weighted by molar-refractivity contribution is 5.95. The third-order valence-corrected chi connectivity index (χ3v) is 2.97. The summed E-state index contributed by atoms with van der Waals surface area (Å²) in [6.45, 7) is 10.2. The van der Waals surface area contributed by atoms with Gasteiger partial charge in [0.2, 0.25) is 0 Å². The molecule has 0 bridgehead atoms. The Morgan fingerprint density at radius 2 is 1.33 bits per heavy atom. The lowest BCUT2D eigenvalue weighted by Crippen LogP contribution is -2.10. The Hall–Kier alpha value is -2.39. The maximum absolute atomic E-state index is 7.37. The van der Waals surface area contributed by atoms with Crippen LogP contribution in [0.5, 0.6) is 0 Å². The highest BCUT2D eigenvalue weighted by atomic mass is 14.7. The van der Waals surface area contributed by atoms with Gasteiger partial charge < -0.3 is 11.5 Å². The van der Waals surface area contributed by atoms with Crippen molar-refractivity contribution in [2.75, 3.05) is 7.05 Å². The number of nitrogens with two attached hydrogens (primary N) is 2. The number of nitrogen functional groups attached to an aromatic ring is 1. The topological polar surface area (TPSA) is 75.9 Å². The molecule has 3 nitrogen and oxygen atoms in total. The van der Waals surface area contributed by atoms with Crippen molar-refractivity contribution in [1.29, 1.82) is 5.41 Å². The van der Waals surface area contributed by atoms with E-state index in [0.717, 1.165) is 5.56 Å². The molecule has 0 spiro atoms. The molecule has 0 atom stereocenters. The number of hydrogen-bond donors (Lipinski definition) is 3. The normalized spacial score (nSPS) is 8.76. The van der Waals surface area contributed by atoms with E-state index in [1.54, 1.807) is 0 Å². The molecule has 0 saturated heterocycles. The Morgan fingerprint density at radius 1 is 0.905 bits per heavy atom. The molecule has 3 heteroatoms. The van der Waals surface area contributed by atoms with Crippen LogP contribution < -0.4 is 11.5 Å². The molecule has 0 aromatic heterocycles. The summed E-state index contributed by atoms with van der Waals surface area (Å²) >= 11 is 0. The summed E-state index contributed by atoms with van der Waals surface area (Å²) in [7, 11) is 1.50. The molecular weight excluding hydrogens is 258 g/mol. The van der Waals surface area contributed by atoms with Crippen LogP contribution in [0.25, 0.3) is 11.1 Å². The summed E-state index contributed by atoms with van der Waals surface area (Å²) in [6, 6.07) is 14.1. The molecule has 112 valence electrons. The minimum Gasteiger partial charge on any atom is -0.384 e. The molecule has 0 heterocycles. The van der Waals surface area contributed by atoms with Crippen molar-refractivity contribution in [3.05, 3.63) is 72.3 Å². The lowest BCUT2D eigenvalue weighted by atomic mass is 9.95. The molecule has 0 saturated carbocycles. The van der Waals surface area contributed by atoms with Gasteiger partial charge in [0.1, 0.15) is 5.84 Å². The Labute approximate surface area is 127 Å². The van der Waals surface area contributed by atoms with E-state index in [0.29, 0.717) is 0 Å². The number of nitrogens with one attached hydrogen (secondary N) is 1. The fraction of sp³-hybridized carbons (Fsp3) is 0.167. The van der Waals surface area contributed by atoms with Crippen molar-refractivity contribution in [3.8, 4) is 11.1 Å². The second kappa shape index (κ2) is 9.50. The van der Waals surface area contributed by atoms with Crippen LogP contribution in [0.2, 0.25) is 0 Å². The molecule has 0 unspecified atom stereocenters. The van der Waals surface area contributed by atoms with Gasteiger partial charge in [0.25, 0.3) is 0 Å². The van der Waals surface area contributed by atoms with Gasteiger partial charge in [-0.05, 0) is 43.1 Å². The maximum atomic E-state index is 7.37. The number of rotatable bonds is 2. The smallest absolute Gasteiger partial charge is 0.122 e. The highest BCUT2D eigenvalue weighted by Crippen LogP contribution is 2.27. The summed E-state index contributed by atoms with van der Waals surface area (Å²) in [6.07, 6.45) is 0. The predicted molar refractivity (Wildman–Crippen MR) is 93.7 cm³/mol. The summed E-state index contributed by atoms with van der Waals surface area (Å²) in [4.78, 5) is 0. The van der Waals surface area contributed by atoms with Crippen molar-refractivity contribution in [2.24, 2.45) is 11.5 Å². The van der Waals surface area contributed by atoms with Crippen LogP contribution in [0.15, 0.2) is 55.6 Å². The second-order valence-electron chi connectivity index (χ2n) is 4.26. The number of benzene rings is 2. The van der Waals surface area contributed by atoms with E-state index in [1.165, 1.54) is 29.3 Å². The first-order valence-corrected chi connectivity index (χ1v) is 6.68. The van der Waals surface area contributed by atoms with E-state index in [4.69, 9.17) is 11.1 Å². The van der Waals surface area contributed by atoms with Gasteiger partial charge in [-0.3, -0.25) is 5.41 Å². The van der Waals surface area contributed by atoms with Crippen LogP contribution in [0, 0.1) is 19.3 Å². The van der Waals surface area contributed by atoms with Gasteiger partial charge >= 0.3 is 0 Å². The molecule has 5 N–H and O–H groups in total. The Morgan fingerprint density at radius 3 is 1.71 bits per heavy atom. The molecule has 2 aromatic carbocycles. The zero-order chi connectivity index (χ0) is 16.4. The number of amidine groups is 1. The Kier molecular flexibility index (Phi) is 8.42. The molecule has 0 aliphatic carbocycles. The fourth-order valence-corrected chi connectivity index (χ4v) is 2.09. The van der Waals surface area contributed by atoms with Crippen molar-refractivity contribution in [2.45, 2.75) is 13.8 Å². The lowest BCUT2D eigenvalue weighted by Gasteiger charge is -2.10. The summed E-state index contributed by atoms with van der Waals surface area (Å²) in [5.41, 5.74) is 15.7. The molecule has 21 heavy (non-hydrogen) atoms. The summed E-state index contributed by atoms with van der Waals surface area (Å²) in [5, 5.41) is 7.37. The molecule has 0 radical (unpaired) electrons. The van der Waals surface area contributed by atoms with Crippen LogP contribution >= 0.6 is 0 Å². The zero-order valence-corrected chi connectivity index (χ0v) is 13.1. The van der Waals surface area contributed by atoms with E-state index in [9.17, 15) is 0 Å². The van der Waals surface area contributed by atoms with Crippen molar-refractivity contribution in [3.63, 3.8) is 0 Å². The van der Waals surface area contributed by atoms with Crippen LogP contribution in [0.3, 0.4) is 0 Å². The minimum absolute atomic E-state index is 0.109. The van der Waals surface area contributed by atoms with E-state index >= 15 is 0 Å². The zero-order valence-electron chi connectivity index (χ0n) is 13.1. The predicted octanol–water partition coefficient (Wildman–Crippen LogP) is 3.63. The molecule has 0 aliphatic rings. The molecule has 0 aliphatic heterocycles. The van der Waals surface area contributed by atoms with Crippen molar-refractivity contribution < 1.29 is 0 Å². The van der Waals surface area contributed by atoms with Gasteiger partial charge in [-0.1, -0.05) is 42.5 Å². The van der Waals surface area contributed by atoms with E-state index in [2.05, 4.69) is 50.9 Å². The lowest BCUT2D eigenvalue weighted by molar-refractivity contribution is 1.37. The second-order valence-corrected chi connectivity index (χ2v) is 4.26. The van der Waals surface area contributed by atoms with Crippen LogP contribution in [-0.4, -0.2) is 12.9 Å². The first-order chi connectivity index (χ1) is 10.1. The third kappa shape index (κ3) is 4.89. The first kappa shape index (κ1) is 18.6. The van der Waals surface area contributed by atoms with Crippen LogP contribution in [0.1, 0.15) is 16.7 Å². The highest BCUT2D eigenvalue weighted by Gasteiger charge is 2.05. The van der Waals surface area contributed by atoms with E-state index in [-0.39, 0.29) is 5.84 Å². The fourth-order valence-electron chi connectivity index (χ4n) is 2.09. The van der Waals surface area contributed by atoms with Crippen molar-refractivity contribution >= 4 is 5.84 Å². The van der Waals surface area contributed by atoms with Crippen molar-refractivity contribution in [1.82, 2.24) is 0 Å². The molecule has 0 amide bonds. The average Bonchev–Trinajstić information content (AvgIpc) is 2.51. The monoisotopic (exact) mass is 283 g/mol. The minimum atomic E-state index is 0.109. The number of hydrogen-bond acceptors (Lipinski definition) is 2. The first-order valence-electron chi connectivity index (χ1n) is 6.68. The standard InChI is InChI=1S/C15H16N2.C2H4.CH5N/c1-10-4-3-5-11(2)14(10)12-6-8-13(9-7-12)15(16)17;2*1-2/h3-9H,1-2H3,(H3,16,17);1-2H2;2H2,1H3. The number of aryl methyl sites for hydroxylation is 2. The van der Waals surface area contributed by atoms with E-state index in [1.807, 2.05) is 24.3 Å². The van der Waals surface area contributed by atoms with Crippen LogP contribution in [-0.2, 0) is 0 Å². The molecule has 2 aromatic rings. The van der Waals surface area contributed by atoms with Gasteiger partial charge in [-0.2, -0.15) is 0 Å². The molecule has 2 rings (SSSR count). The van der Waals surface area contributed by atoms with Gasteiger partial charge in [-0.15, -0.1) is 13.2 Å². The molecular formula is C18H25N3. The Balaban J connectivity index is 0.000000921. The van der Waals surface area contributed by atoms with Gasteiger partial charge in [0.05, 0.1) is 0 Å². The third-order valence-electron chi connectivity index (χ3n) is 2.97. The SMILES string of the molecule is C=C.CN.Cc1cccc(C)c1-c1ccc(C(=N)N)cc1. The Bertz CT molecular complexity index is 551. The van der Waals surface area contributed by atoms with Crippen LogP contribution in [0.4, 0.5) is 0 Å². The average molecular weight is 283 g/mol. The quantitative estimate of drug-likeness (QED) is 0.447. The maximum Gasteiger partial charge on any atom is 0.122 e. The van der Waals surface area contributed by atoms with E-state index < -0.39 is 0 Å². The van der Waals surface area contributed by atoms with Gasteiger partial charge in [0, 0.05) is 5.56 Å². The van der Waals surface area contributed by atoms with Gasteiger partial charge in [-0.25, -0.2) is 0 Å². The molecule has 0 fully saturated rings. The summed E-state index contributed by atoms with van der Waals surface area (Å²) in [5.74, 6) is 0.109. The van der Waals surface area contributed by atoms with Gasteiger partial charge in [0.15, 0.2) is 0 Å². The summed E-state index contributed by atoms with van der Waals surface area (Å²) < 4.78 is 0. The largest absolute Gasteiger partial charge is 0.384 e.